The van der Waals surface area contributed by atoms with Crippen LogP contribution >= 0.6 is 11.6 Å². The number of nitrogens with one attached hydrogen (secondary N) is 2. The topological polar surface area (TPSA) is 92.3 Å². The Morgan fingerprint density at radius 3 is 2.43 bits per heavy atom. The van der Waals surface area contributed by atoms with Crippen LogP contribution in [-0.4, -0.2) is 37.8 Å². The van der Waals surface area contributed by atoms with Crippen molar-refractivity contribution in [3.8, 4) is 0 Å². The molecule has 0 aromatic heterocycles. The van der Waals surface area contributed by atoms with Gasteiger partial charge in [-0.25, -0.2) is 8.42 Å². The summed E-state index contributed by atoms with van der Waals surface area (Å²) in [6.45, 7) is 0. The highest BCUT2D eigenvalue weighted by molar-refractivity contribution is 7.91. The summed E-state index contributed by atoms with van der Waals surface area (Å²) in [7, 11) is -3.07. The van der Waals surface area contributed by atoms with Gasteiger partial charge >= 0.3 is 0 Å². The van der Waals surface area contributed by atoms with E-state index in [0.717, 1.165) is 0 Å². The second kappa shape index (κ2) is 5.79. The summed E-state index contributed by atoms with van der Waals surface area (Å²) in [5.41, 5.74) is -0.646. The molecule has 8 heteroatoms. The van der Waals surface area contributed by atoms with Crippen molar-refractivity contribution < 1.29 is 18.0 Å². The number of sulfone groups is 1. The normalized spacial score (nSPS) is 24.0. The Morgan fingerprint density at radius 2 is 1.87 bits per heavy atom. The maximum absolute atomic E-state index is 12.4. The number of carbonyl (C=O) groups is 2. The molecule has 1 saturated heterocycles. The third kappa shape index (κ3) is 3.35. The Morgan fingerprint density at radius 1 is 1.17 bits per heavy atom. The van der Waals surface area contributed by atoms with Crippen LogP contribution in [0.15, 0.2) is 24.3 Å². The number of rotatable bonds is 4. The van der Waals surface area contributed by atoms with Crippen molar-refractivity contribution in [2.45, 2.75) is 25.3 Å². The standard InChI is InChI=1S/C15H17ClN2O4S/c16-11-3-1-2-4-12(11)18-14(20)15(6-7-15)13(19)17-10-5-8-23(21,22)9-10/h1-4,10H,5-9H2,(H,17,19)(H,18,20). The van der Waals surface area contributed by atoms with Crippen molar-refractivity contribution >= 4 is 38.9 Å². The van der Waals surface area contributed by atoms with Crippen molar-refractivity contribution in [1.29, 1.82) is 0 Å². The van der Waals surface area contributed by atoms with E-state index in [1.807, 2.05) is 0 Å². The molecule has 2 amide bonds. The maximum atomic E-state index is 12.4. The van der Waals surface area contributed by atoms with Crippen LogP contribution in [0.1, 0.15) is 19.3 Å². The molecule has 2 N–H and O–H groups in total. The average Bonchev–Trinajstić information content (AvgIpc) is 3.22. The van der Waals surface area contributed by atoms with Crippen LogP contribution in [0.25, 0.3) is 0 Å². The maximum Gasteiger partial charge on any atom is 0.240 e. The van der Waals surface area contributed by atoms with E-state index in [-0.39, 0.29) is 11.5 Å². The lowest BCUT2D eigenvalue weighted by atomic mass is 10.0. The summed E-state index contributed by atoms with van der Waals surface area (Å²) in [5.74, 6) is -0.773. The average molecular weight is 357 g/mol. The van der Waals surface area contributed by atoms with E-state index in [1.54, 1.807) is 24.3 Å². The number of hydrogen-bond acceptors (Lipinski definition) is 4. The molecule has 0 bridgehead atoms. The molecule has 0 spiro atoms. The van der Waals surface area contributed by atoms with Crippen molar-refractivity contribution in [2.75, 3.05) is 16.8 Å². The summed E-state index contributed by atoms with van der Waals surface area (Å²) >= 11 is 6.01. The molecule has 1 aliphatic carbocycles. The van der Waals surface area contributed by atoms with Gasteiger partial charge in [0, 0.05) is 6.04 Å². The number of benzene rings is 1. The summed E-state index contributed by atoms with van der Waals surface area (Å²) in [4.78, 5) is 24.9. The number of carbonyl (C=O) groups excluding carboxylic acids is 2. The van der Waals surface area contributed by atoms with Gasteiger partial charge in [0.1, 0.15) is 5.41 Å². The molecule has 3 rings (SSSR count). The summed E-state index contributed by atoms with van der Waals surface area (Å²) in [6.07, 6.45) is 1.31. The minimum Gasteiger partial charge on any atom is -0.351 e. The molecule has 1 unspecified atom stereocenters. The van der Waals surface area contributed by atoms with Crippen molar-refractivity contribution in [1.82, 2.24) is 5.32 Å². The number of hydrogen-bond donors (Lipinski definition) is 2. The van der Waals surface area contributed by atoms with Crippen LogP contribution in [0.4, 0.5) is 5.69 Å². The molecule has 0 radical (unpaired) electrons. The molecular formula is C15H17ClN2O4S. The lowest BCUT2D eigenvalue weighted by Gasteiger charge is -2.18. The lowest BCUT2D eigenvalue weighted by Crippen LogP contribution is -2.45. The zero-order valence-corrected chi connectivity index (χ0v) is 13.9. The van der Waals surface area contributed by atoms with E-state index in [2.05, 4.69) is 10.6 Å². The van der Waals surface area contributed by atoms with E-state index in [0.29, 0.717) is 30.0 Å². The molecule has 1 saturated carbocycles. The predicted octanol–water partition coefficient (Wildman–Crippen LogP) is 1.36. The first kappa shape index (κ1) is 16.3. The Balaban J connectivity index is 1.66. The van der Waals surface area contributed by atoms with Gasteiger partial charge in [0.05, 0.1) is 22.2 Å². The van der Waals surface area contributed by atoms with E-state index in [9.17, 15) is 18.0 Å². The fourth-order valence-corrected chi connectivity index (χ4v) is 4.58. The van der Waals surface area contributed by atoms with E-state index >= 15 is 0 Å². The first-order chi connectivity index (χ1) is 10.8. The first-order valence-corrected chi connectivity index (χ1v) is 9.60. The minimum absolute atomic E-state index is 0.0546. The van der Waals surface area contributed by atoms with Crippen LogP contribution in [0.2, 0.25) is 5.02 Å². The molecule has 2 aliphatic rings. The molecule has 124 valence electrons. The molecule has 6 nitrogen and oxygen atoms in total. The monoisotopic (exact) mass is 356 g/mol. The highest BCUT2D eigenvalue weighted by Gasteiger charge is 2.57. The van der Waals surface area contributed by atoms with Crippen LogP contribution < -0.4 is 10.6 Å². The van der Waals surface area contributed by atoms with Crippen LogP contribution in [0.3, 0.4) is 0 Å². The van der Waals surface area contributed by atoms with E-state index < -0.39 is 33.1 Å². The Labute approximate surface area is 139 Å². The smallest absolute Gasteiger partial charge is 0.240 e. The minimum atomic E-state index is -3.07. The van der Waals surface area contributed by atoms with Gasteiger partial charge in [-0.3, -0.25) is 9.59 Å². The third-order valence-electron chi connectivity index (χ3n) is 4.31. The second-order valence-electron chi connectivity index (χ2n) is 6.09. The Hall–Kier alpha value is -1.60. The molecule has 1 heterocycles. The van der Waals surface area contributed by atoms with Gasteiger partial charge in [-0.1, -0.05) is 23.7 Å². The van der Waals surface area contributed by atoms with E-state index in [1.165, 1.54) is 0 Å². The molecular weight excluding hydrogens is 340 g/mol. The van der Waals surface area contributed by atoms with Crippen molar-refractivity contribution in [3.05, 3.63) is 29.3 Å². The van der Waals surface area contributed by atoms with Gasteiger partial charge in [-0.15, -0.1) is 0 Å². The zero-order chi connectivity index (χ0) is 16.7. The summed E-state index contributed by atoms with van der Waals surface area (Å²) < 4.78 is 22.9. The molecule has 1 aromatic carbocycles. The van der Waals surface area contributed by atoms with Gasteiger partial charge in [-0.2, -0.15) is 0 Å². The molecule has 1 aliphatic heterocycles. The number of halogens is 1. The van der Waals surface area contributed by atoms with Crippen molar-refractivity contribution in [3.63, 3.8) is 0 Å². The van der Waals surface area contributed by atoms with Gasteiger partial charge in [0.15, 0.2) is 9.84 Å². The number of para-hydroxylation sites is 1. The fourth-order valence-electron chi connectivity index (χ4n) is 2.72. The lowest BCUT2D eigenvalue weighted by molar-refractivity contribution is -0.134. The van der Waals surface area contributed by atoms with Gasteiger partial charge in [-0.05, 0) is 31.4 Å². The van der Waals surface area contributed by atoms with Gasteiger partial charge < -0.3 is 10.6 Å². The van der Waals surface area contributed by atoms with Gasteiger partial charge in [0.25, 0.3) is 0 Å². The first-order valence-electron chi connectivity index (χ1n) is 7.40. The highest BCUT2D eigenvalue weighted by atomic mass is 35.5. The molecule has 1 aromatic rings. The number of amides is 2. The van der Waals surface area contributed by atoms with Crippen molar-refractivity contribution in [2.24, 2.45) is 5.41 Å². The quantitative estimate of drug-likeness (QED) is 0.797. The second-order valence-corrected chi connectivity index (χ2v) is 8.73. The molecule has 23 heavy (non-hydrogen) atoms. The molecule has 2 fully saturated rings. The molecule has 1 atom stereocenters. The summed E-state index contributed by atoms with van der Waals surface area (Å²) in [5, 5.41) is 5.79. The number of anilines is 1. The predicted molar refractivity (Wildman–Crippen MR) is 87.0 cm³/mol. The fraction of sp³-hybridized carbons (Fsp3) is 0.467. The largest absolute Gasteiger partial charge is 0.351 e. The Kier molecular flexibility index (Phi) is 4.10. The zero-order valence-electron chi connectivity index (χ0n) is 12.3. The van der Waals surface area contributed by atoms with E-state index in [4.69, 9.17) is 11.6 Å². The highest BCUT2D eigenvalue weighted by Crippen LogP contribution is 2.47. The van der Waals surface area contributed by atoms with Crippen LogP contribution in [0, 0.1) is 5.41 Å². The Bertz CT molecular complexity index is 758. The third-order valence-corrected chi connectivity index (χ3v) is 6.41. The van der Waals surface area contributed by atoms with Crippen LogP contribution in [-0.2, 0) is 19.4 Å². The van der Waals surface area contributed by atoms with Crippen LogP contribution in [0.5, 0.6) is 0 Å². The SMILES string of the molecule is O=C(Nc1ccccc1Cl)C1(C(=O)NC2CCS(=O)(=O)C2)CC1. The van der Waals surface area contributed by atoms with Gasteiger partial charge in [0.2, 0.25) is 11.8 Å². The summed E-state index contributed by atoms with van der Waals surface area (Å²) in [6, 6.07) is 6.40.